The molecule has 9 nitrogen and oxygen atoms in total. The molecule has 2 aliphatic heterocycles. The molecule has 0 saturated carbocycles. The molecule has 0 bridgehead atoms. The number of esters is 2. The summed E-state index contributed by atoms with van der Waals surface area (Å²) in [6.07, 6.45) is -1.10. The van der Waals surface area contributed by atoms with Crippen LogP contribution in [-0.4, -0.2) is 87.0 Å². The van der Waals surface area contributed by atoms with Crippen molar-refractivity contribution in [3.05, 3.63) is 0 Å². The monoisotopic (exact) mass is 380 g/mol. The van der Waals surface area contributed by atoms with E-state index >= 15 is 0 Å². The molecule has 2 rings (SSSR count). The maximum Gasteiger partial charge on any atom is 0.337 e. The van der Waals surface area contributed by atoms with Crippen LogP contribution in [0.5, 0.6) is 0 Å². The average Bonchev–Trinajstić information content (AvgIpc) is 2.63. The van der Waals surface area contributed by atoms with E-state index in [0.29, 0.717) is 39.5 Å². The van der Waals surface area contributed by atoms with Gasteiger partial charge >= 0.3 is 17.3 Å². The van der Waals surface area contributed by atoms with Crippen molar-refractivity contribution in [2.24, 2.45) is 0 Å². The number of hydrogen-bond donors (Lipinski definition) is 1. The zero-order chi connectivity index (χ0) is 18.7. The lowest BCUT2D eigenvalue weighted by Crippen LogP contribution is -2.47. The van der Waals surface area contributed by atoms with Crippen LogP contribution in [0.3, 0.4) is 0 Å². The Hall–Kier alpha value is -1.42. The zero-order valence-electron chi connectivity index (χ0n) is 14.5. The van der Waals surface area contributed by atoms with Crippen molar-refractivity contribution in [3.8, 4) is 0 Å². The van der Waals surface area contributed by atoms with E-state index in [1.165, 1.54) is 4.90 Å². The van der Waals surface area contributed by atoms with Crippen molar-refractivity contribution in [3.63, 3.8) is 0 Å². The van der Waals surface area contributed by atoms with Gasteiger partial charge in [0.05, 0.1) is 33.0 Å². The summed E-state index contributed by atoms with van der Waals surface area (Å²) in [6, 6.07) is 0. The highest BCUT2D eigenvalue weighted by atomic mass is 35.5. The molecule has 0 aliphatic carbocycles. The highest BCUT2D eigenvalue weighted by molar-refractivity contribution is 6.62. The summed E-state index contributed by atoms with van der Waals surface area (Å²) in [5.41, 5.74) is 0. The van der Waals surface area contributed by atoms with Gasteiger partial charge in [0.1, 0.15) is 0 Å². The fraction of sp³-hybridized carbons (Fsp3) is 0.800. The lowest BCUT2D eigenvalue weighted by molar-refractivity contribution is -0.160. The van der Waals surface area contributed by atoms with Gasteiger partial charge in [0.25, 0.3) is 0 Å². The Morgan fingerprint density at radius 1 is 1.08 bits per heavy atom. The molecule has 25 heavy (non-hydrogen) atoms. The first kappa shape index (κ1) is 21.6. The molecule has 0 radical (unpaired) electrons. The molecule has 2 atom stereocenters. The average molecular weight is 381 g/mol. The minimum atomic E-state index is -0.702. The normalized spacial score (nSPS) is 23.1. The van der Waals surface area contributed by atoms with Crippen LogP contribution in [0.15, 0.2) is 0 Å². The number of hydrogen-bond acceptors (Lipinski definition) is 8. The summed E-state index contributed by atoms with van der Waals surface area (Å²) in [6.45, 7) is 7.07. The van der Waals surface area contributed by atoms with Crippen molar-refractivity contribution in [2.75, 3.05) is 52.6 Å². The highest BCUT2D eigenvalue weighted by Gasteiger charge is 2.29. The van der Waals surface area contributed by atoms with E-state index in [4.69, 9.17) is 30.5 Å². The molecule has 2 aliphatic rings. The van der Waals surface area contributed by atoms with Crippen LogP contribution in [0.25, 0.3) is 0 Å². The maximum atomic E-state index is 11.2. The standard InChI is InChI=1S/C8H12ClNO4.C7H13NO3/c1-2-13-7(11)6-5-10(8(9)12)3-4-14-6;1-2-10-7(9)6-5-8-3-4-11-6/h6H,2-5H2,1H3;6,8H,2-5H2,1H3. The SMILES string of the molecule is CCOC(=O)C1CN(C(=O)Cl)CCO1.CCOC(=O)C1CNCCO1. The molecule has 2 heterocycles. The Balaban J connectivity index is 0.000000257. The first-order chi connectivity index (χ1) is 12.0. The van der Waals surface area contributed by atoms with Crippen LogP contribution in [0.4, 0.5) is 4.79 Å². The smallest absolute Gasteiger partial charge is 0.337 e. The van der Waals surface area contributed by atoms with Crippen molar-refractivity contribution < 1.29 is 33.3 Å². The van der Waals surface area contributed by atoms with E-state index in [-0.39, 0.29) is 12.5 Å². The van der Waals surface area contributed by atoms with Crippen molar-refractivity contribution in [2.45, 2.75) is 26.1 Å². The van der Waals surface area contributed by atoms with E-state index in [0.717, 1.165) is 6.54 Å². The quantitative estimate of drug-likeness (QED) is 0.417. The number of nitrogens with zero attached hydrogens (tertiary/aromatic N) is 1. The molecule has 2 unspecified atom stereocenters. The number of carbonyl (C=O) groups excluding carboxylic acids is 3. The second kappa shape index (κ2) is 12.0. The fourth-order valence-electron chi connectivity index (χ4n) is 2.14. The first-order valence-electron chi connectivity index (χ1n) is 8.21. The molecule has 1 N–H and O–H groups in total. The second-order valence-electron chi connectivity index (χ2n) is 5.13. The zero-order valence-corrected chi connectivity index (χ0v) is 15.3. The maximum absolute atomic E-state index is 11.2. The number of morpholine rings is 2. The van der Waals surface area contributed by atoms with Crippen molar-refractivity contribution in [1.29, 1.82) is 0 Å². The van der Waals surface area contributed by atoms with Gasteiger partial charge in [-0.15, -0.1) is 0 Å². The molecule has 2 fully saturated rings. The van der Waals surface area contributed by atoms with E-state index < -0.39 is 23.5 Å². The number of nitrogens with one attached hydrogen (secondary N) is 1. The highest BCUT2D eigenvalue weighted by Crippen LogP contribution is 2.09. The molecule has 0 aromatic rings. The molecule has 1 amide bonds. The third-order valence-electron chi connectivity index (χ3n) is 3.34. The largest absolute Gasteiger partial charge is 0.464 e. The van der Waals surface area contributed by atoms with Gasteiger partial charge in [-0.05, 0) is 25.4 Å². The fourth-order valence-corrected chi connectivity index (χ4v) is 2.29. The minimum Gasteiger partial charge on any atom is -0.464 e. The summed E-state index contributed by atoms with van der Waals surface area (Å²) < 4.78 is 19.8. The lowest BCUT2D eigenvalue weighted by atomic mass is 10.3. The van der Waals surface area contributed by atoms with Crippen molar-refractivity contribution in [1.82, 2.24) is 10.2 Å². The number of halogens is 1. The van der Waals surface area contributed by atoms with Gasteiger partial charge < -0.3 is 29.2 Å². The molecular formula is C15H25ClN2O7. The summed E-state index contributed by atoms with van der Waals surface area (Å²) >= 11 is 5.28. The summed E-state index contributed by atoms with van der Waals surface area (Å²) in [7, 11) is 0. The van der Waals surface area contributed by atoms with Gasteiger partial charge in [0.2, 0.25) is 0 Å². The predicted molar refractivity (Wildman–Crippen MR) is 88.4 cm³/mol. The molecular weight excluding hydrogens is 356 g/mol. The van der Waals surface area contributed by atoms with Gasteiger partial charge in [-0.2, -0.15) is 0 Å². The number of rotatable bonds is 4. The van der Waals surface area contributed by atoms with Gasteiger partial charge in [-0.1, -0.05) is 0 Å². The first-order valence-corrected chi connectivity index (χ1v) is 8.58. The van der Waals surface area contributed by atoms with Gasteiger partial charge in [-0.25, -0.2) is 9.59 Å². The van der Waals surface area contributed by atoms with Crippen LogP contribution in [0.1, 0.15) is 13.8 Å². The van der Waals surface area contributed by atoms with E-state index in [9.17, 15) is 14.4 Å². The van der Waals surface area contributed by atoms with E-state index in [2.05, 4.69) is 5.32 Å². The van der Waals surface area contributed by atoms with Gasteiger partial charge in [-0.3, -0.25) is 4.79 Å². The Morgan fingerprint density at radius 3 is 2.20 bits per heavy atom. The predicted octanol–water partition coefficient (Wildman–Crippen LogP) is 0.147. The third kappa shape index (κ3) is 8.00. The minimum absolute atomic E-state index is 0.168. The Kier molecular flexibility index (Phi) is 10.4. The third-order valence-corrected chi connectivity index (χ3v) is 3.58. The Labute approximate surface area is 151 Å². The molecule has 0 spiro atoms. The Morgan fingerprint density at radius 2 is 1.68 bits per heavy atom. The van der Waals surface area contributed by atoms with Crippen LogP contribution in [0.2, 0.25) is 0 Å². The second-order valence-corrected chi connectivity index (χ2v) is 5.45. The number of ether oxygens (including phenoxy) is 4. The lowest BCUT2D eigenvalue weighted by Gasteiger charge is -2.29. The van der Waals surface area contributed by atoms with Crippen LogP contribution >= 0.6 is 11.6 Å². The number of carbonyl (C=O) groups is 3. The Bertz CT molecular complexity index is 444. The molecule has 144 valence electrons. The van der Waals surface area contributed by atoms with Gasteiger partial charge in [0.15, 0.2) is 12.2 Å². The molecule has 0 aromatic carbocycles. The van der Waals surface area contributed by atoms with Crippen LogP contribution < -0.4 is 5.32 Å². The van der Waals surface area contributed by atoms with E-state index in [1.54, 1.807) is 13.8 Å². The van der Waals surface area contributed by atoms with Crippen LogP contribution in [-0.2, 0) is 28.5 Å². The molecule has 2 saturated heterocycles. The summed E-state index contributed by atoms with van der Waals surface area (Å²) in [4.78, 5) is 34.4. The van der Waals surface area contributed by atoms with E-state index in [1.807, 2.05) is 0 Å². The molecule has 0 aromatic heterocycles. The van der Waals surface area contributed by atoms with Crippen LogP contribution in [0, 0.1) is 0 Å². The van der Waals surface area contributed by atoms with Crippen molar-refractivity contribution >= 4 is 28.9 Å². The topological polar surface area (TPSA) is 103 Å². The van der Waals surface area contributed by atoms with Gasteiger partial charge in [0, 0.05) is 19.6 Å². The number of amides is 1. The summed E-state index contributed by atoms with van der Waals surface area (Å²) in [5, 5.41) is 2.48. The molecule has 10 heteroatoms. The summed E-state index contributed by atoms with van der Waals surface area (Å²) in [5.74, 6) is -0.713.